The molecule has 0 bridgehead atoms. The summed E-state index contributed by atoms with van der Waals surface area (Å²) in [5, 5.41) is 11.4. The van der Waals surface area contributed by atoms with Crippen molar-refractivity contribution >= 4 is 10.9 Å². The lowest BCUT2D eigenvalue weighted by Gasteiger charge is -2.40. The van der Waals surface area contributed by atoms with Crippen LogP contribution < -0.4 is 9.47 Å². The average molecular weight is 350 g/mol. The maximum absolute atomic E-state index is 10.1. The molecule has 0 amide bonds. The van der Waals surface area contributed by atoms with Crippen LogP contribution in [0, 0.1) is 0 Å². The maximum Gasteiger partial charge on any atom is 0.160 e. The summed E-state index contributed by atoms with van der Waals surface area (Å²) in [6, 6.07) is 10.4. The van der Waals surface area contributed by atoms with Crippen molar-refractivity contribution in [1.29, 1.82) is 0 Å². The first-order chi connectivity index (χ1) is 12.7. The van der Waals surface area contributed by atoms with Crippen LogP contribution in [0.4, 0.5) is 0 Å². The van der Waals surface area contributed by atoms with E-state index in [1.807, 2.05) is 18.2 Å². The smallest absolute Gasteiger partial charge is 0.160 e. The summed E-state index contributed by atoms with van der Waals surface area (Å²) in [6.45, 7) is 1.92. The highest BCUT2D eigenvalue weighted by molar-refractivity contribution is 5.86. The Balaban J connectivity index is 1.62. The molecule has 1 atom stereocenters. The molecule has 3 heterocycles. The van der Waals surface area contributed by atoms with Gasteiger partial charge < -0.3 is 19.6 Å². The second-order valence-corrected chi connectivity index (χ2v) is 7.16. The minimum atomic E-state index is 0.230. The third-order valence-corrected chi connectivity index (χ3v) is 5.87. The number of phenolic OH excluding ortho intramolecular Hbond substituents is 1. The number of nitrogens with zero attached hydrogens (tertiary/aromatic N) is 1. The van der Waals surface area contributed by atoms with Gasteiger partial charge in [0.05, 0.1) is 14.2 Å². The van der Waals surface area contributed by atoms with Crippen LogP contribution in [-0.2, 0) is 19.4 Å². The van der Waals surface area contributed by atoms with Gasteiger partial charge in [-0.2, -0.15) is 0 Å². The Morgan fingerprint density at radius 2 is 2.04 bits per heavy atom. The minimum Gasteiger partial charge on any atom is -0.504 e. The molecule has 0 saturated carbocycles. The lowest BCUT2D eigenvalue weighted by atomic mass is 9.85. The average Bonchev–Trinajstić information content (AvgIpc) is 3.02. The number of aromatic nitrogens is 1. The van der Waals surface area contributed by atoms with Crippen LogP contribution in [0.15, 0.2) is 30.3 Å². The van der Waals surface area contributed by atoms with Crippen LogP contribution in [0.5, 0.6) is 17.2 Å². The molecule has 2 aromatic carbocycles. The molecule has 0 spiro atoms. The normalized spacial score (nSPS) is 18.9. The van der Waals surface area contributed by atoms with E-state index >= 15 is 0 Å². The van der Waals surface area contributed by atoms with Crippen LogP contribution in [0.2, 0.25) is 0 Å². The van der Waals surface area contributed by atoms with Crippen molar-refractivity contribution in [2.45, 2.75) is 25.4 Å². The van der Waals surface area contributed by atoms with E-state index in [2.05, 4.69) is 22.0 Å². The van der Waals surface area contributed by atoms with Crippen molar-refractivity contribution in [3.8, 4) is 17.2 Å². The summed E-state index contributed by atoms with van der Waals surface area (Å²) in [5.41, 5.74) is 6.34. The summed E-state index contributed by atoms with van der Waals surface area (Å²) in [7, 11) is 3.31. The third-order valence-electron chi connectivity index (χ3n) is 5.87. The number of aromatic hydroxyl groups is 1. The predicted octanol–water partition coefficient (Wildman–Crippen LogP) is 3.55. The standard InChI is InChI=1S/C21H22N2O3/c1-25-13-3-4-17-15(8-13)16-9-19-14-10-21(26-2)20(24)7-12(14)5-6-23(19)11-18(16)22-17/h3-4,7-8,10,19,22,24H,5-6,9,11H2,1-2H3. The molecule has 0 fully saturated rings. The highest BCUT2D eigenvalue weighted by Crippen LogP contribution is 2.43. The fraction of sp³-hybridized carbons (Fsp3) is 0.333. The molecule has 1 aromatic heterocycles. The van der Waals surface area contributed by atoms with Gasteiger partial charge in [0, 0.05) is 35.7 Å². The van der Waals surface area contributed by atoms with Crippen molar-refractivity contribution in [2.75, 3.05) is 20.8 Å². The number of hydrogen-bond donors (Lipinski definition) is 2. The minimum absolute atomic E-state index is 0.230. The number of phenols is 1. The van der Waals surface area contributed by atoms with Crippen LogP contribution >= 0.6 is 0 Å². The van der Waals surface area contributed by atoms with E-state index in [9.17, 15) is 5.11 Å². The summed E-state index contributed by atoms with van der Waals surface area (Å²) < 4.78 is 10.8. The lowest BCUT2D eigenvalue weighted by Crippen LogP contribution is -2.39. The zero-order valence-electron chi connectivity index (χ0n) is 15.0. The van der Waals surface area contributed by atoms with Gasteiger partial charge in [0.15, 0.2) is 11.5 Å². The van der Waals surface area contributed by atoms with Gasteiger partial charge in [0.1, 0.15) is 5.75 Å². The highest BCUT2D eigenvalue weighted by atomic mass is 16.5. The van der Waals surface area contributed by atoms with Crippen molar-refractivity contribution in [2.24, 2.45) is 0 Å². The summed E-state index contributed by atoms with van der Waals surface area (Å²) in [4.78, 5) is 6.12. The van der Waals surface area contributed by atoms with Crippen LogP contribution in [0.25, 0.3) is 10.9 Å². The van der Waals surface area contributed by atoms with Crippen molar-refractivity contribution in [1.82, 2.24) is 9.88 Å². The number of aromatic amines is 1. The van der Waals surface area contributed by atoms with Gasteiger partial charge in [0.2, 0.25) is 0 Å². The fourth-order valence-electron chi connectivity index (χ4n) is 4.54. The molecule has 5 rings (SSSR count). The van der Waals surface area contributed by atoms with Gasteiger partial charge in [-0.3, -0.25) is 4.90 Å². The maximum atomic E-state index is 10.1. The molecule has 2 N–H and O–H groups in total. The molecule has 0 aliphatic carbocycles. The van der Waals surface area contributed by atoms with Gasteiger partial charge in [-0.1, -0.05) is 0 Å². The topological polar surface area (TPSA) is 57.7 Å². The largest absolute Gasteiger partial charge is 0.504 e. The van der Waals surface area contributed by atoms with Gasteiger partial charge >= 0.3 is 0 Å². The van der Waals surface area contributed by atoms with E-state index < -0.39 is 0 Å². The number of H-pyrrole nitrogens is 1. The molecule has 1 unspecified atom stereocenters. The molecule has 3 aromatic rings. The zero-order valence-corrected chi connectivity index (χ0v) is 15.0. The van der Waals surface area contributed by atoms with Crippen LogP contribution in [-0.4, -0.2) is 35.8 Å². The van der Waals surface area contributed by atoms with Gasteiger partial charge in [0.25, 0.3) is 0 Å². The number of methoxy groups -OCH3 is 2. The second kappa shape index (κ2) is 5.68. The van der Waals surface area contributed by atoms with E-state index in [0.29, 0.717) is 11.8 Å². The highest BCUT2D eigenvalue weighted by Gasteiger charge is 2.34. The molecular weight excluding hydrogens is 328 g/mol. The Morgan fingerprint density at radius 1 is 1.15 bits per heavy atom. The Morgan fingerprint density at radius 3 is 2.85 bits per heavy atom. The summed E-state index contributed by atoms with van der Waals surface area (Å²) in [5.74, 6) is 1.67. The van der Waals surface area contributed by atoms with Gasteiger partial charge in [-0.05, 0) is 59.9 Å². The fourth-order valence-corrected chi connectivity index (χ4v) is 4.54. The molecule has 5 heteroatoms. The molecular formula is C21H22N2O3. The Bertz CT molecular complexity index is 1010. The molecule has 0 saturated heterocycles. The SMILES string of the molecule is COc1ccc2[nH]c3c(c2c1)CC1c2cc(OC)c(O)cc2CCN1C3. The number of hydrogen-bond acceptors (Lipinski definition) is 4. The predicted molar refractivity (Wildman–Crippen MR) is 100 cm³/mol. The first-order valence-corrected chi connectivity index (χ1v) is 8.99. The lowest BCUT2D eigenvalue weighted by molar-refractivity contribution is 0.159. The van der Waals surface area contributed by atoms with E-state index in [0.717, 1.165) is 31.7 Å². The first kappa shape index (κ1) is 15.6. The monoisotopic (exact) mass is 350 g/mol. The Kier molecular flexibility index (Phi) is 3.40. The number of ether oxygens (including phenoxy) is 2. The number of nitrogens with one attached hydrogen (secondary N) is 1. The van der Waals surface area contributed by atoms with Gasteiger partial charge in [-0.25, -0.2) is 0 Å². The van der Waals surface area contributed by atoms with Crippen LogP contribution in [0.1, 0.15) is 28.4 Å². The van der Waals surface area contributed by atoms with Crippen molar-refractivity contribution in [3.05, 3.63) is 52.7 Å². The summed E-state index contributed by atoms with van der Waals surface area (Å²) >= 11 is 0. The molecule has 2 aliphatic rings. The molecule has 26 heavy (non-hydrogen) atoms. The van der Waals surface area contributed by atoms with E-state index in [1.165, 1.54) is 33.3 Å². The quantitative estimate of drug-likeness (QED) is 0.742. The summed E-state index contributed by atoms with van der Waals surface area (Å²) in [6.07, 6.45) is 1.90. The second-order valence-electron chi connectivity index (χ2n) is 7.16. The third kappa shape index (κ3) is 2.20. The zero-order chi connectivity index (χ0) is 17.8. The van der Waals surface area contributed by atoms with Crippen molar-refractivity contribution in [3.63, 3.8) is 0 Å². The number of benzene rings is 2. The van der Waals surface area contributed by atoms with Crippen molar-refractivity contribution < 1.29 is 14.6 Å². The Labute approximate surface area is 152 Å². The molecule has 2 aliphatic heterocycles. The molecule has 0 radical (unpaired) electrons. The Hall–Kier alpha value is -2.66. The number of rotatable bonds is 2. The van der Waals surface area contributed by atoms with Crippen LogP contribution in [0.3, 0.4) is 0 Å². The first-order valence-electron chi connectivity index (χ1n) is 8.99. The molecule has 5 nitrogen and oxygen atoms in total. The van der Waals surface area contributed by atoms with Gasteiger partial charge in [-0.15, -0.1) is 0 Å². The van der Waals surface area contributed by atoms with E-state index in [4.69, 9.17) is 9.47 Å². The molecule has 134 valence electrons. The number of fused-ring (bicyclic) bond motifs is 6. The van der Waals surface area contributed by atoms with E-state index in [-0.39, 0.29) is 5.75 Å². The van der Waals surface area contributed by atoms with E-state index in [1.54, 1.807) is 14.2 Å².